The van der Waals surface area contributed by atoms with Crippen LogP contribution in [0.2, 0.25) is 0 Å². The Balaban J connectivity index is 1.75. The zero-order chi connectivity index (χ0) is 13.7. The van der Waals surface area contributed by atoms with Crippen LogP contribution < -0.4 is 5.32 Å². The van der Waals surface area contributed by atoms with Gasteiger partial charge >= 0.3 is 0 Å². The number of hydrogen-bond donors (Lipinski definition) is 1. The van der Waals surface area contributed by atoms with Gasteiger partial charge in [0.2, 0.25) is 5.91 Å². The van der Waals surface area contributed by atoms with Crippen LogP contribution in [0, 0.1) is 0 Å². The predicted octanol–water partition coefficient (Wildman–Crippen LogP) is 1.93. The van der Waals surface area contributed by atoms with Crippen molar-refractivity contribution in [2.75, 3.05) is 20.7 Å². The standard InChI is InChI=1S/C15H28N2O2/c1-16-12-6-8-13(9-7-12)17(2)15(18)11-14-5-3-4-10-19-14/h12-14,16H,3-11H2,1-2H3. The molecule has 0 radical (unpaired) electrons. The molecule has 4 nitrogen and oxygen atoms in total. The van der Waals surface area contributed by atoms with Crippen molar-refractivity contribution >= 4 is 5.91 Å². The molecule has 2 fully saturated rings. The van der Waals surface area contributed by atoms with E-state index in [0.717, 1.165) is 32.3 Å². The van der Waals surface area contributed by atoms with Crippen molar-refractivity contribution in [2.24, 2.45) is 0 Å². The lowest BCUT2D eigenvalue weighted by atomic mass is 9.90. The summed E-state index contributed by atoms with van der Waals surface area (Å²) in [5.41, 5.74) is 0. The lowest BCUT2D eigenvalue weighted by Crippen LogP contribution is -2.43. The van der Waals surface area contributed by atoms with Crippen LogP contribution in [0.15, 0.2) is 0 Å². The molecule has 1 aliphatic heterocycles. The highest BCUT2D eigenvalue weighted by Crippen LogP contribution is 2.24. The summed E-state index contributed by atoms with van der Waals surface area (Å²) in [6, 6.07) is 1.07. The number of carbonyl (C=O) groups is 1. The maximum Gasteiger partial charge on any atom is 0.225 e. The van der Waals surface area contributed by atoms with Crippen molar-refractivity contribution < 1.29 is 9.53 Å². The Kier molecular flexibility index (Phi) is 5.64. The van der Waals surface area contributed by atoms with Crippen molar-refractivity contribution in [1.82, 2.24) is 10.2 Å². The average molecular weight is 268 g/mol. The molecule has 1 saturated heterocycles. The molecule has 2 rings (SSSR count). The number of nitrogens with one attached hydrogen (secondary N) is 1. The molecule has 1 amide bonds. The summed E-state index contributed by atoms with van der Waals surface area (Å²) in [4.78, 5) is 14.3. The van der Waals surface area contributed by atoms with Gasteiger partial charge in [-0.3, -0.25) is 4.79 Å². The Bertz CT molecular complexity index is 282. The molecule has 0 aromatic carbocycles. The normalized spacial score (nSPS) is 32.0. The van der Waals surface area contributed by atoms with Crippen LogP contribution in [0.3, 0.4) is 0 Å². The van der Waals surface area contributed by atoms with Crippen LogP contribution in [0.5, 0.6) is 0 Å². The summed E-state index contributed by atoms with van der Waals surface area (Å²) in [6.45, 7) is 0.828. The quantitative estimate of drug-likeness (QED) is 0.847. The molecule has 1 N–H and O–H groups in total. The molecule has 1 atom stereocenters. The van der Waals surface area contributed by atoms with Gasteiger partial charge in [0.15, 0.2) is 0 Å². The number of amides is 1. The fourth-order valence-corrected chi connectivity index (χ4v) is 3.26. The summed E-state index contributed by atoms with van der Waals surface area (Å²) in [5, 5.41) is 3.33. The monoisotopic (exact) mass is 268 g/mol. The van der Waals surface area contributed by atoms with E-state index in [0.29, 0.717) is 18.5 Å². The molecule has 0 bridgehead atoms. The van der Waals surface area contributed by atoms with Gasteiger partial charge in [-0.05, 0) is 52.0 Å². The topological polar surface area (TPSA) is 41.6 Å². The molecule has 110 valence electrons. The zero-order valence-corrected chi connectivity index (χ0v) is 12.4. The Morgan fingerprint density at radius 1 is 1.21 bits per heavy atom. The zero-order valence-electron chi connectivity index (χ0n) is 12.4. The lowest BCUT2D eigenvalue weighted by molar-refractivity contribution is -0.136. The molecule has 1 unspecified atom stereocenters. The highest BCUT2D eigenvalue weighted by Gasteiger charge is 2.27. The second-order valence-corrected chi connectivity index (χ2v) is 5.99. The minimum absolute atomic E-state index is 0.164. The van der Waals surface area contributed by atoms with Crippen LogP contribution in [0.1, 0.15) is 51.4 Å². The molecule has 4 heteroatoms. The third-order valence-corrected chi connectivity index (χ3v) is 4.72. The summed E-state index contributed by atoms with van der Waals surface area (Å²) in [5.74, 6) is 0.264. The molecule has 1 heterocycles. The average Bonchev–Trinajstić information content (AvgIpc) is 2.47. The fourth-order valence-electron chi connectivity index (χ4n) is 3.26. The van der Waals surface area contributed by atoms with Gasteiger partial charge in [-0.1, -0.05) is 0 Å². The van der Waals surface area contributed by atoms with E-state index >= 15 is 0 Å². The van der Waals surface area contributed by atoms with Crippen LogP contribution in [-0.2, 0) is 9.53 Å². The molecule has 1 aliphatic carbocycles. The molecule has 1 saturated carbocycles. The van der Waals surface area contributed by atoms with E-state index in [2.05, 4.69) is 5.32 Å². The van der Waals surface area contributed by atoms with Crippen molar-refractivity contribution in [1.29, 1.82) is 0 Å². The Morgan fingerprint density at radius 3 is 2.53 bits per heavy atom. The van der Waals surface area contributed by atoms with Crippen molar-refractivity contribution in [2.45, 2.75) is 69.6 Å². The number of hydrogen-bond acceptors (Lipinski definition) is 3. The first kappa shape index (κ1) is 14.8. The van der Waals surface area contributed by atoms with Gasteiger partial charge in [-0.2, -0.15) is 0 Å². The molecule has 2 aliphatic rings. The van der Waals surface area contributed by atoms with Crippen LogP contribution in [-0.4, -0.2) is 49.7 Å². The predicted molar refractivity (Wildman–Crippen MR) is 76.1 cm³/mol. The second kappa shape index (κ2) is 7.25. The van der Waals surface area contributed by atoms with Crippen LogP contribution in [0.4, 0.5) is 0 Å². The highest BCUT2D eigenvalue weighted by atomic mass is 16.5. The van der Waals surface area contributed by atoms with Crippen LogP contribution >= 0.6 is 0 Å². The maximum atomic E-state index is 12.3. The van der Waals surface area contributed by atoms with Gasteiger partial charge in [-0.15, -0.1) is 0 Å². The summed E-state index contributed by atoms with van der Waals surface area (Å²) >= 11 is 0. The van der Waals surface area contributed by atoms with Crippen molar-refractivity contribution in [3.8, 4) is 0 Å². The van der Waals surface area contributed by atoms with E-state index in [4.69, 9.17) is 4.74 Å². The molecular weight excluding hydrogens is 240 g/mol. The smallest absolute Gasteiger partial charge is 0.225 e. The second-order valence-electron chi connectivity index (χ2n) is 5.99. The van der Waals surface area contributed by atoms with E-state index in [1.54, 1.807) is 0 Å². The van der Waals surface area contributed by atoms with Crippen molar-refractivity contribution in [3.63, 3.8) is 0 Å². The first-order valence-electron chi connectivity index (χ1n) is 7.75. The minimum Gasteiger partial charge on any atom is -0.378 e. The fraction of sp³-hybridized carbons (Fsp3) is 0.933. The Hall–Kier alpha value is -0.610. The van der Waals surface area contributed by atoms with E-state index in [1.807, 2.05) is 19.0 Å². The SMILES string of the molecule is CNC1CCC(N(C)C(=O)CC2CCCCO2)CC1. The molecule has 19 heavy (non-hydrogen) atoms. The van der Waals surface area contributed by atoms with E-state index < -0.39 is 0 Å². The molecular formula is C15H28N2O2. The first-order chi connectivity index (χ1) is 9.20. The number of carbonyl (C=O) groups excluding carboxylic acids is 1. The summed E-state index contributed by atoms with van der Waals surface area (Å²) in [7, 11) is 4.00. The Morgan fingerprint density at radius 2 is 1.95 bits per heavy atom. The summed E-state index contributed by atoms with van der Waals surface area (Å²) < 4.78 is 5.66. The minimum atomic E-state index is 0.164. The highest BCUT2D eigenvalue weighted by molar-refractivity contribution is 5.76. The third kappa shape index (κ3) is 4.18. The van der Waals surface area contributed by atoms with Gasteiger partial charge in [-0.25, -0.2) is 0 Å². The summed E-state index contributed by atoms with van der Waals surface area (Å²) in [6.07, 6.45) is 8.74. The van der Waals surface area contributed by atoms with Gasteiger partial charge in [0.05, 0.1) is 12.5 Å². The van der Waals surface area contributed by atoms with E-state index in [-0.39, 0.29) is 12.0 Å². The van der Waals surface area contributed by atoms with Gasteiger partial charge in [0.1, 0.15) is 0 Å². The van der Waals surface area contributed by atoms with Gasteiger partial charge in [0.25, 0.3) is 0 Å². The van der Waals surface area contributed by atoms with Gasteiger partial charge < -0.3 is 15.0 Å². The number of nitrogens with zero attached hydrogens (tertiary/aromatic N) is 1. The third-order valence-electron chi connectivity index (χ3n) is 4.72. The van der Waals surface area contributed by atoms with E-state index in [9.17, 15) is 4.79 Å². The molecule has 0 aromatic rings. The van der Waals surface area contributed by atoms with Crippen LogP contribution in [0.25, 0.3) is 0 Å². The number of ether oxygens (including phenoxy) is 1. The van der Waals surface area contributed by atoms with Gasteiger partial charge in [0, 0.05) is 25.7 Å². The number of rotatable bonds is 4. The largest absolute Gasteiger partial charge is 0.378 e. The maximum absolute atomic E-state index is 12.3. The van der Waals surface area contributed by atoms with E-state index in [1.165, 1.54) is 19.3 Å². The lowest BCUT2D eigenvalue weighted by Gasteiger charge is -2.35. The molecule has 0 spiro atoms. The first-order valence-corrected chi connectivity index (χ1v) is 7.75. The Labute approximate surface area is 116 Å². The molecule has 0 aromatic heterocycles. The van der Waals surface area contributed by atoms with Crippen molar-refractivity contribution in [3.05, 3.63) is 0 Å².